The summed E-state index contributed by atoms with van der Waals surface area (Å²) in [4.78, 5) is 0. The molecule has 0 saturated carbocycles. The van der Waals surface area contributed by atoms with Gasteiger partial charge in [-0.15, -0.1) is 0 Å². The summed E-state index contributed by atoms with van der Waals surface area (Å²) in [6.07, 6.45) is 0.990. The molecule has 0 amide bonds. The van der Waals surface area contributed by atoms with E-state index in [0.29, 0.717) is 0 Å². The van der Waals surface area contributed by atoms with E-state index < -0.39 is 0 Å². The fourth-order valence-corrected chi connectivity index (χ4v) is 1.96. The largest absolute Gasteiger partial charge is 0.396 e. The molecule has 2 heteroatoms. The van der Waals surface area contributed by atoms with Gasteiger partial charge < -0.3 is 5.73 Å². The average molecular weight is 229 g/mol. The second kappa shape index (κ2) is 4.58. The van der Waals surface area contributed by atoms with Crippen LogP contribution in [0.4, 0.5) is 10.1 Å². The van der Waals surface area contributed by atoms with Crippen LogP contribution in [0.15, 0.2) is 36.4 Å². The van der Waals surface area contributed by atoms with Crippen molar-refractivity contribution in [1.82, 2.24) is 0 Å². The molecule has 2 rings (SSSR count). The van der Waals surface area contributed by atoms with Gasteiger partial charge in [-0.25, -0.2) is 4.39 Å². The number of rotatable bonds is 2. The van der Waals surface area contributed by atoms with Gasteiger partial charge in [0, 0.05) is 0 Å². The van der Waals surface area contributed by atoms with Crippen molar-refractivity contribution in [2.45, 2.75) is 20.3 Å². The van der Waals surface area contributed by atoms with E-state index in [2.05, 4.69) is 19.1 Å². The fourth-order valence-electron chi connectivity index (χ4n) is 1.96. The molecule has 0 aromatic heterocycles. The molecular weight excluding hydrogens is 213 g/mol. The van der Waals surface area contributed by atoms with Crippen molar-refractivity contribution in [2.75, 3.05) is 5.73 Å². The number of anilines is 1. The Labute approximate surface area is 101 Å². The lowest BCUT2D eigenvalue weighted by molar-refractivity contribution is 0.631. The van der Waals surface area contributed by atoms with Crippen LogP contribution in [0.1, 0.15) is 18.1 Å². The van der Waals surface area contributed by atoms with Crippen LogP contribution in [0, 0.1) is 12.7 Å². The third kappa shape index (κ3) is 2.31. The Morgan fingerprint density at radius 3 is 2.65 bits per heavy atom. The Morgan fingerprint density at radius 1 is 1.18 bits per heavy atom. The maximum atomic E-state index is 13.3. The molecule has 0 spiro atoms. The van der Waals surface area contributed by atoms with Gasteiger partial charge in [-0.3, -0.25) is 0 Å². The first-order chi connectivity index (χ1) is 8.11. The minimum atomic E-state index is -0.349. The summed E-state index contributed by atoms with van der Waals surface area (Å²) < 4.78 is 13.3. The molecule has 17 heavy (non-hydrogen) atoms. The maximum Gasteiger partial charge on any atom is 0.146 e. The summed E-state index contributed by atoms with van der Waals surface area (Å²) in [5, 5.41) is 0. The molecule has 0 fully saturated rings. The van der Waals surface area contributed by atoms with Crippen LogP contribution >= 0.6 is 0 Å². The first-order valence-electron chi connectivity index (χ1n) is 5.76. The number of benzene rings is 2. The zero-order chi connectivity index (χ0) is 12.4. The highest BCUT2D eigenvalue weighted by Crippen LogP contribution is 2.28. The minimum Gasteiger partial charge on any atom is -0.396 e. The van der Waals surface area contributed by atoms with E-state index in [1.54, 1.807) is 6.07 Å². The van der Waals surface area contributed by atoms with Crippen LogP contribution in [0.5, 0.6) is 0 Å². The Bertz CT molecular complexity index is 547. The lowest BCUT2D eigenvalue weighted by Gasteiger charge is -2.09. The molecule has 2 aromatic carbocycles. The summed E-state index contributed by atoms with van der Waals surface area (Å²) in [7, 11) is 0. The molecule has 0 saturated heterocycles. The van der Waals surface area contributed by atoms with Crippen molar-refractivity contribution in [3.63, 3.8) is 0 Å². The summed E-state index contributed by atoms with van der Waals surface area (Å²) in [5.41, 5.74) is 10.1. The second-order valence-corrected chi connectivity index (χ2v) is 4.24. The molecular formula is C15H16FN. The predicted molar refractivity (Wildman–Crippen MR) is 70.4 cm³/mol. The lowest BCUT2D eigenvalue weighted by Crippen LogP contribution is -1.94. The SMILES string of the molecule is CCc1cccc(-c2cc(N)c(F)cc2C)c1. The third-order valence-corrected chi connectivity index (χ3v) is 2.99. The molecule has 1 nitrogen and oxygen atoms in total. The predicted octanol–water partition coefficient (Wildman–Crippen LogP) is 3.95. The molecule has 88 valence electrons. The zero-order valence-corrected chi connectivity index (χ0v) is 10.1. The summed E-state index contributed by atoms with van der Waals surface area (Å²) in [5.74, 6) is -0.349. The van der Waals surface area contributed by atoms with Crippen LogP contribution in [-0.2, 0) is 6.42 Å². The van der Waals surface area contributed by atoms with E-state index in [1.807, 2.05) is 19.1 Å². The zero-order valence-electron chi connectivity index (χ0n) is 10.1. The van der Waals surface area contributed by atoms with Crippen molar-refractivity contribution in [1.29, 1.82) is 0 Å². The molecule has 2 N–H and O–H groups in total. The van der Waals surface area contributed by atoms with E-state index in [1.165, 1.54) is 11.6 Å². The van der Waals surface area contributed by atoms with Gasteiger partial charge in [-0.2, -0.15) is 0 Å². The third-order valence-electron chi connectivity index (χ3n) is 2.99. The second-order valence-electron chi connectivity index (χ2n) is 4.24. The number of hydrogen-bond donors (Lipinski definition) is 1. The van der Waals surface area contributed by atoms with Gasteiger partial charge in [-0.1, -0.05) is 31.2 Å². The van der Waals surface area contributed by atoms with Gasteiger partial charge in [0.05, 0.1) is 5.69 Å². The minimum absolute atomic E-state index is 0.201. The highest BCUT2D eigenvalue weighted by Gasteiger charge is 2.07. The highest BCUT2D eigenvalue weighted by molar-refractivity contribution is 5.71. The number of aryl methyl sites for hydroxylation is 2. The summed E-state index contributed by atoms with van der Waals surface area (Å²) >= 11 is 0. The van der Waals surface area contributed by atoms with E-state index in [0.717, 1.165) is 23.1 Å². The Hall–Kier alpha value is -1.83. The van der Waals surface area contributed by atoms with Crippen LogP contribution < -0.4 is 5.73 Å². The molecule has 0 unspecified atom stereocenters. The van der Waals surface area contributed by atoms with E-state index in [4.69, 9.17) is 5.73 Å². The van der Waals surface area contributed by atoms with Gasteiger partial charge in [0.15, 0.2) is 0 Å². The van der Waals surface area contributed by atoms with E-state index in [9.17, 15) is 4.39 Å². The number of halogens is 1. The van der Waals surface area contributed by atoms with Crippen LogP contribution in [0.2, 0.25) is 0 Å². The summed E-state index contributed by atoms with van der Waals surface area (Å²) in [6, 6.07) is 11.5. The van der Waals surface area contributed by atoms with Gasteiger partial charge >= 0.3 is 0 Å². The van der Waals surface area contributed by atoms with Crippen molar-refractivity contribution < 1.29 is 4.39 Å². The number of nitrogens with two attached hydrogens (primary N) is 1. The molecule has 0 aliphatic rings. The first kappa shape index (κ1) is 11.6. The molecule has 2 aromatic rings. The topological polar surface area (TPSA) is 26.0 Å². The fraction of sp³-hybridized carbons (Fsp3) is 0.200. The Kier molecular flexibility index (Phi) is 3.14. The van der Waals surface area contributed by atoms with Crippen LogP contribution in [0.3, 0.4) is 0 Å². The van der Waals surface area contributed by atoms with Crippen LogP contribution in [0.25, 0.3) is 11.1 Å². The monoisotopic (exact) mass is 229 g/mol. The first-order valence-corrected chi connectivity index (χ1v) is 5.76. The number of hydrogen-bond acceptors (Lipinski definition) is 1. The van der Waals surface area contributed by atoms with Gasteiger partial charge in [0.1, 0.15) is 5.82 Å². The van der Waals surface area contributed by atoms with Gasteiger partial charge in [0.2, 0.25) is 0 Å². The van der Waals surface area contributed by atoms with Crippen molar-refractivity contribution in [2.24, 2.45) is 0 Å². The standard InChI is InChI=1S/C15H16FN/c1-3-11-5-4-6-12(8-11)13-9-15(17)14(16)7-10(13)2/h4-9H,3,17H2,1-2H3. The highest BCUT2D eigenvalue weighted by atomic mass is 19.1. The van der Waals surface area contributed by atoms with Gasteiger partial charge in [-0.05, 0) is 47.7 Å². The molecule has 0 aliphatic carbocycles. The number of nitrogen functional groups attached to an aromatic ring is 1. The van der Waals surface area contributed by atoms with Gasteiger partial charge in [0.25, 0.3) is 0 Å². The Morgan fingerprint density at radius 2 is 1.94 bits per heavy atom. The summed E-state index contributed by atoms with van der Waals surface area (Å²) in [6.45, 7) is 4.02. The lowest BCUT2D eigenvalue weighted by atomic mass is 9.97. The Balaban J connectivity index is 2.56. The average Bonchev–Trinajstić information content (AvgIpc) is 2.34. The van der Waals surface area contributed by atoms with Crippen molar-refractivity contribution in [3.8, 4) is 11.1 Å². The van der Waals surface area contributed by atoms with Crippen molar-refractivity contribution in [3.05, 3.63) is 53.3 Å². The van der Waals surface area contributed by atoms with Crippen LogP contribution in [-0.4, -0.2) is 0 Å². The van der Waals surface area contributed by atoms with Crippen molar-refractivity contribution >= 4 is 5.69 Å². The molecule has 0 bridgehead atoms. The smallest absolute Gasteiger partial charge is 0.146 e. The quantitative estimate of drug-likeness (QED) is 0.775. The van der Waals surface area contributed by atoms with E-state index in [-0.39, 0.29) is 11.5 Å². The maximum absolute atomic E-state index is 13.3. The molecule has 0 radical (unpaired) electrons. The normalized spacial score (nSPS) is 10.5. The molecule has 0 atom stereocenters. The molecule has 0 heterocycles. The van der Waals surface area contributed by atoms with E-state index >= 15 is 0 Å². The molecule has 0 aliphatic heterocycles.